The van der Waals surface area contributed by atoms with E-state index in [0.717, 1.165) is 5.56 Å². The zero-order valence-corrected chi connectivity index (χ0v) is 19.0. The predicted molar refractivity (Wildman–Crippen MR) is 127 cm³/mol. The summed E-state index contributed by atoms with van der Waals surface area (Å²) < 4.78 is 39.1. The van der Waals surface area contributed by atoms with Crippen molar-refractivity contribution < 1.29 is 22.5 Å². The molecule has 0 saturated heterocycles. The normalized spacial score (nSPS) is 15.3. The Morgan fingerprint density at radius 1 is 1.00 bits per heavy atom. The topological polar surface area (TPSA) is 102 Å². The number of para-hydroxylation sites is 2. The number of nitrogens with zero attached hydrogens (tertiary/aromatic N) is 2. The van der Waals surface area contributed by atoms with Gasteiger partial charge in [-0.3, -0.25) is 9.10 Å². The number of benzene rings is 3. The Morgan fingerprint density at radius 3 is 2.47 bits per heavy atom. The Kier molecular flexibility index (Phi) is 5.54. The SMILES string of the molecule is C[C@@H]1CN(S(=O)(=O)c2ccc(NC(=O)c3cc(-c4ccccc4)on3)cc2)c2ccccc2O1. The molecule has 1 N–H and O–H groups in total. The number of carbonyl (C=O) groups is 1. The Bertz CT molecular complexity index is 1430. The molecule has 1 aliphatic rings. The molecule has 1 amide bonds. The molecular formula is C25H21N3O5S. The molecule has 8 nitrogen and oxygen atoms in total. The van der Waals surface area contributed by atoms with Crippen molar-refractivity contribution in [2.24, 2.45) is 0 Å². The van der Waals surface area contributed by atoms with E-state index in [4.69, 9.17) is 9.26 Å². The summed E-state index contributed by atoms with van der Waals surface area (Å²) >= 11 is 0. The number of aromatic nitrogens is 1. The first-order valence-corrected chi connectivity index (χ1v) is 12.1. The highest BCUT2D eigenvalue weighted by Gasteiger charge is 2.32. The molecule has 172 valence electrons. The molecule has 5 rings (SSSR count). The summed E-state index contributed by atoms with van der Waals surface area (Å²) in [5.41, 5.74) is 1.86. The van der Waals surface area contributed by atoms with Gasteiger partial charge in [-0.1, -0.05) is 47.6 Å². The van der Waals surface area contributed by atoms with Crippen LogP contribution in [0.1, 0.15) is 17.4 Å². The van der Waals surface area contributed by atoms with E-state index in [9.17, 15) is 13.2 Å². The van der Waals surface area contributed by atoms with Crippen molar-refractivity contribution in [3.63, 3.8) is 0 Å². The first-order chi connectivity index (χ1) is 16.4. The van der Waals surface area contributed by atoms with Crippen LogP contribution >= 0.6 is 0 Å². The second-order valence-corrected chi connectivity index (χ2v) is 9.72. The van der Waals surface area contributed by atoms with Crippen molar-refractivity contribution in [3.05, 3.63) is 90.6 Å². The Hall–Kier alpha value is -4.11. The van der Waals surface area contributed by atoms with E-state index in [-0.39, 0.29) is 23.2 Å². The third kappa shape index (κ3) is 4.13. The van der Waals surface area contributed by atoms with Crippen molar-refractivity contribution in [1.29, 1.82) is 0 Å². The van der Waals surface area contributed by atoms with Crippen LogP contribution in [0, 0.1) is 0 Å². The average Bonchev–Trinajstić information content (AvgIpc) is 3.35. The molecule has 0 fully saturated rings. The summed E-state index contributed by atoms with van der Waals surface area (Å²) in [5.74, 6) is 0.542. The van der Waals surface area contributed by atoms with Gasteiger partial charge in [-0.25, -0.2) is 8.42 Å². The number of sulfonamides is 1. The van der Waals surface area contributed by atoms with Crippen molar-refractivity contribution in [2.45, 2.75) is 17.9 Å². The molecule has 0 radical (unpaired) electrons. The second kappa shape index (κ2) is 8.68. The van der Waals surface area contributed by atoms with Gasteiger partial charge in [0.25, 0.3) is 15.9 Å². The van der Waals surface area contributed by atoms with E-state index in [1.807, 2.05) is 37.3 Å². The lowest BCUT2D eigenvalue weighted by Crippen LogP contribution is -2.42. The molecular weight excluding hydrogens is 454 g/mol. The average molecular weight is 476 g/mol. The minimum absolute atomic E-state index is 0.113. The minimum Gasteiger partial charge on any atom is -0.487 e. The number of anilines is 2. The van der Waals surface area contributed by atoms with Crippen molar-refractivity contribution in [3.8, 4) is 17.1 Å². The number of hydrogen-bond donors (Lipinski definition) is 1. The van der Waals surface area contributed by atoms with Crippen LogP contribution in [0.25, 0.3) is 11.3 Å². The fourth-order valence-electron chi connectivity index (χ4n) is 3.73. The van der Waals surface area contributed by atoms with E-state index in [1.54, 1.807) is 42.5 Å². The van der Waals surface area contributed by atoms with Crippen molar-refractivity contribution >= 4 is 27.3 Å². The highest BCUT2D eigenvalue weighted by molar-refractivity contribution is 7.92. The number of nitrogens with one attached hydrogen (secondary N) is 1. The molecule has 0 spiro atoms. The number of fused-ring (bicyclic) bond motifs is 1. The Balaban J connectivity index is 1.33. The van der Waals surface area contributed by atoms with Gasteiger partial charge in [-0.05, 0) is 43.3 Å². The highest BCUT2D eigenvalue weighted by Crippen LogP contribution is 2.36. The zero-order valence-electron chi connectivity index (χ0n) is 18.2. The van der Waals surface area contributed by atoms with Crippen LogP contribution in [0.3, 0.4) is 0 Å². The summed E-state index contributed by atoms with van der Waals surface area (Å²) in [4.78, 5) is 12.7. The monoisotopic (exact) mass is 475 g/mol. The molecule has 0 unspecified atom stereocenters. The number of rotatable bonds is 5. The highest BCUT2D eigenvalue weighted by atomic mass is 32.2. The summed E-state index contributed by atoms with van der Waals surface area (Å²) in [5, 5.41) is 6.55. The third-order valence-electron chi connectivity index (χ3n) is 5.39. The molecule has 1 aromatic heterocycles. The number of carbonyl (C=O) groups excluding carboxylic acids is 1. The van der Waals surface area contributed by atoms with Crippen molar-refractivity contribution in [1.82, 2.24) is 5.16 Å². The van der Waals surface area contributed by atoms with Crippen LogP contribution in [0.4, 0.5) is 11.4 Å². The first-order valence-electron chi connectivity index (χ1n) is 10.6. The standard InChI is InChI=1S/C25H21N3O5S/c1-17-16-28(22-9-5-6-10-23(22)32-17)34(30,31)20-13-11-19(12-14-20)26-25(29)21-15-24(33-27-21)18-7-3-2-4-8-18/h2-15,17H,16H2,1H3,(H,26,29)/t17-/m1/s1. The van der Waals surface area contributed by atoms with Gasteiger partial charge in [0.15, 0.2) is 11.5 Å². The quantitative estimate of drug-likeness (QED) is 0.454. The summed E-state index contributed by atoms with van der Waals surface area (Å²) in [6.45, 7) is 2.03. The third-order valence-corrected chi connectivity index (χ3v) is 7.18. The molecule has 1 aliphatic heterocycles. The van der Waals surface area contributed by atoms with Crippen LogP contribution < -0.4 is 14.4 Å². The maximum Gasteiger partial charge on any atom is 0.277 e. The number of hydrogen-bond acceptors (Lipinski definition) is 6. The van der Waals surface area contributed by atoms with Gasteiger partial charge in [0.2, 0.25) is 0 Å². The van der Waals surface area contributed by atoms with Gasteiger partial charge < -0.3 is 14.6 Å². The maximum atomic E-state index is 13.3. The molecule has 9 heteroatoms. The lowest BCUT2D eigenvalue weighted by Gasteiger charge is -2.34. The van der Waals surface area contributed by atoms with E-state index >= 15 is 0 Å². The van der Waals surface area contributed by atoms with E-state index in [0.29, 0.717) is 22.9 Å². The van der Waals surface area contributed by atoms with Gasteiger partial charge in [0, 0.05) is 17.3 Å². The smallest absolute Gasteiger partial charge is 0.277 e. The first kappa shape index (κ1) is 21.7. The summed E-state index contributed by atoms with van der Waals surface area (Å²) in [6, 6.07) is 23.9. The minimum atomic E-state index is -3.82. The van der Waals surface area contributed by atoms with Crippen LogP contribution in [0.15, 0.2) is 94.3 Å². The molecule has 4 aromatic rings. The van der Waals surface area contributed by atoms with Gasteiger partial charge in [-0.2, -0.15) is 0 Å². The van der Waals surface area contributed by atoms with Crippen LogP contribution in [0.2, 0.25) is 0 Å². The van der Waals surface area contributed by atoms with Gasteiger partial charge in [0.05, 0.1) is 17.1 Å². The van der Waals surface area contributed by atoms with E-state index in [1.165, 1.54) is 16.4 Å². The molecule has 0 saturated carbocycles. The van der Waals surface area contributed by atoms with Crippen LogP contribution in [-0.2, 0) is 10.0 Å². The van der Waals surface area contributed by atoms with Gasteiger partial charge in [-0.15, -0.1) is 0 Å². The fraction of sp³-hybridized carbons (Fsp3) is 0.120. The van der Waals surface area contributed by atoms with Crippen molar-refractivity contribution in [2.75, 3.05) is 16.2 Å². The fourth-order valence-corrected chi connectivity index (χ4v) is 5.28. The van der Waals surface area contributed by atoms with Gasteiger partial charge in [0.1, 0.15) is 11.9 Å². The second-order valence-electron chi connectivity index (χ2n) is 7.85. The molecule has 3 aromatic carbocycles. The lowest BCUT2D eigenvalue weighted by molar-refractivity contribution is 0.101. The largest absolute Gasteiger partial charge is 0.487 e. The molecule has 2 heterocycles. The Morgan fingerprint density at radius 2 is 1.71 bits per heavy atom. The lowest BCUT2D eigenvalue weighted by atomic mass is 10.1. The number of ether oxygens (including phenoxy) is 1. The van der Waals surface area contributed by atoms with Gasteiger partial charge >= 0.3 is 0 Å². The summed E-state index contributed by atoms with van der Waals surface area (Å²) in [6.07, 6.45) is -0.286. The Labute approximate surface area is 196 Å². The summed E-state index contributed by atoms with van der Waals surface area (Å²) in [7, 11) is -3.82. The zero-order chi connectivity index (χ0) is 23.7. The van der Waals surface area contributed by atoms with Crippen LogP contribution in [0.5, 0.6) is 5.75 Å². The van der Waals surface area contributed by atoms with Crippen LogP contribution in [-0.4, -0.2) is 32.1 Å². The maximum absolute atomic E-state index is 13.3. The van der Waals surface area contributed by atoms with E-state index in [2.05, 4.69) is 10.5 Å². The number of amides is 1. The molecule has 1 atom stereocenters. The molecule has 0 bridgehead atoms. The molecule has 34 heavy (non-hydrogen) atoms. The molecule has 0 aliphatic carbocycles. The van der Waals surface area contributed by atoms with E-state index < -0.39 is 15.9 Å². The predicted octanol–water partition coefficient (Wildman–Crippen LogP) is 4.57.